The number of hydrogen-bond donors (Lipinski definition) is 1. The molecule has 2 aliphatic heterocycles. The lowest BCUT2D eigenvalue weighted by Crippen LogP contribution is -2.48. The van der Waals surface area contributed by atoms with Crippen LogP contribution in [0.15, 0.2) is 30.3 Å². The lowest BCUT2D eigenvalue weighted by Gasteiger charge is -2.35. The maximum absolute atomic E-state index is 13.5. The molecule has 1 aromatic carbocycles. The Morgan fingerprint density at radius 3 is 2.55 bits per heavy atom. The third kappa shape index (κ3) is 2.36. The van der Waals surface area contributed by atoms with Crippen LogP contribution < -0.4 is 5.32 Å². The predicted octanol–water partition coefficient (Wildman–Crippen LogP) is 2.85. The Hall–Kier alpha value is -1.35. The summed E-state index contributed by atoms with van der Waals surface area (Å²) in [6.07, 6.45) is 8.04. The van der Waals surface area contributed by atoms with E-state index in [9.17, 15) is 4.79 Å². The number of nitrogens with one attached hydrogen (secondary N) is 1. The van der Waals surface area contributed by atoms with Crippen LogP contribution >= 0.6 is 0 Å². The van der Waals surface area contributed by atoms with Gasteiger partial charge in [-0.2, -0.15) is 0 Å². The SMILES string of the molecule is O=C(N1CCC2CCC(C1)N2)C1(c2ccccc2)CCCC1. The topological polar surface area (TPSA) is 32.3 Å². The van der Waals surface area contributed by atoms with Crippen LogP contribution in [-0.4, -0.2) is 36.0 Å². The molecule has 2 heterocycles. The lowest BCUT2D eigenvalue weighted by atomic mass is 9.77. The number of carbonyl (C=O) groups is 1. The highest BCUT2D eigenvalue weighted by Crippen LogP contribution is 2.43. The number of amides is 1. The molecule has 3 aliphatic rings. The van der Waals surface area contributed by atoms with Crippen LogP contribution in [0.25, 0.3) is 0 Å². The van der Waals surface area contributed by atoms with Crippen LogP contribution in [-0.2, 0) is 10.2 Å². The van der Waals surface area contributed by atoms with Gasteiger partial charge in [0, 0.05) is 25.2 Å². The Kier molecular flexibility index (Phi) is 3.69. The average molecular weight is 298 g/mol. The van der Waals surface area contributed by atoms with Gasteiger partial charge in [-0.05, 0) is 37.7 Å². The Morgan fingerprint density at radius 1 is 1.05 bits per heavy atom. The van der Waals surface area contributed by atoms with Gasteiger partial charge in [0.05, 0.1) is 5.41 Å². The molecule has 2 atom stereocenters. The molecule has 1 saturated carbocycles. The molecule has 1 aromatic rings. The van der Waals surface area contributed by atoms with Crippen LogP contribution in [0.1, 0.15) is 50.5 Å². The molecule has 3 heteroatoms. The average Bonchev–Trinajstić information content (AvgIpc) is 3.15. The van der Waals surface area contributed by atoms with E-state index < -0.39 is 0 Å². The minimum atomic E-state index is -0.245. The highest BCUT2D eigenvalue weighted by atomic mass is 16.2. The van der Waals surface area contributed by atoms with Gasteiger partial charge in [0.1, 0.15) is 0 Å². The van der Waals surface area contributed by atoms with Crippen LogP contribution in [0.2, 0.25) is 0 Å². The summed E-state index contributed by atoms with van der Waals surface area (Å²) >= 11 is 0. The molecule has 1 aliphatic carbocycles. The summed E-state index contributed by atoms with van der Waals surface area (Å²) < 4.78 is 0. The van der Waals surface area contributed by atoms with E-state index in [2.05, 4.69) is 34.5 Å². The van der Waals surface area contributed by atoms with Crippen LogP contribution in [0.3, 0.4) is 0 Å². The monoisotopic (exact) mass is 298 g/mol. The Balaban J connectivity index is 1.61. The fraction of sp³-hybridized carbons (Fsp3) is 0.632. The number of rotatable bonds is 2. The molecule has 4 rings (SSSR count). The summed E-state index contributed by atoms with van der Waals surface area (Å²) in [5.41, 5.74) is 0.991. The molecule has 3 fully saturated rings. The van der Waals surface area contributed by atoms with E-state index in [1.165, 1.54) is 31.2 Å². The second kappa shape index (κ2) is 5.69. The summed E-state index contributed by atoms with van der Waals surface area (Å²) in [6.45, 7) is 1.84. The molecule has 22 heavy (non-hydrogen) atoms. The predicted molar refractivity (Wildman–Crippen MR) is 87.7 cm³/mol. The highest BCUT2D eigenvalue weighted by molar-refractivity contribution is 5.88. The lowest BCUT2D eigenvalue weighted by molar-refractivity contribution is -0.137. The zero-order chi connectivity index (χ0) is 15.0. The van der Waals surface area contributed by atoms with Gasteiger partial charge in [-0.1, -0.05) is 43.2 Å². The van der Waals surface area contributed by atoms with E-state index in [1.54, 1.807) is 0 Å². The van der Waals surface area contributed by atoms with Gasteiger partial charge >= 0.3 is 0 Å². The fourth-order valence-electron chi connectivity index (χ4n) is 4.79. The molecular weight excluding hydrogens is 272 g/mol. The Morgan fingerprint density at radius 2 is 1.77 bits per heavy atom. The standard InChI is InChI=1S/C19H26N2O/c22-18(21-13-10-16-8-9-17(14-21)20-16)19(11-4-5-12-19)15-6-2-1-3-7-15/h1-3,6-7,16-17,20H,4-5,8-14H2. The normalized spacial score (nSPS) is 30.3. The highest BCUT2D eigenvalue weighted by Gasteiger charge is 2.46. The molecule has 0 radical (unpaired) electrons. The van der Waals surface area contributed by atoms with E-state index in [0.717, 1.165) is 32.4 Å². The summed E-state index contributed by atoms with van der Waals surface area (Å²) in [7, 11) is 0. The first-order valence-electron chi connectivity index (χ1n) is 8.89. The summed E-state index contributed by atoms with van der Waals surface area (Å²) in [4.78, 5) is 15.6. The minimum absolute atomic E-state index is 0.245. The first-order chi connectivity index (χ1) is 10.8. The Labute approximate surface area is 133 Å². The van der Waals surface area contributed by atoms with Gasteiger partial charge in [-0.3, -0.25) is 4.79 Å². The number of hydrogen-bond acceptors (Lipinski definition) is 2. The minimum Gasteiger partial charge on any atom is -0.340 e. The molecule has 1 N–H and O–H groups in total. The molecule has 2 unspecified atom stereocenters. The summed E-state index contributed by atoms with van der Waals surface area (Å²) in [5, 5.41) is 3.69. The molecule has 3 nitrogen and oxygen atoms in total. The number of fused-ring (bicyclic) bond motifs is 2. The van der Waals surface area contributed by atoms with E-state index in [-0.39, 0.29) is 5.41 Å². The van der Waals surface area contributed by atoms with Gasteiger partial charge in [-0.25, -0.2) is 0 Å². The third-order valence-corrected chi connectivity index (χ3v) is 6.00. The van der Waals surface area contributed by atoms with Crippen molar-refractivity contribution in [2.75, 3.05) is 13.1 Å². The smallest absolute Gasteiger partial charge is 0.233 e. The summed E-state index contributed by atoms with van der Waals surface area (Å²) in [5.74, 6) is 0.394. The fourth-order valence-corrected chi connectivity index (χ4v) is 4.79. The maximum atomic E-state index is 13.5. The summed E-state index contributed by atoms with van der Waals surface area (Å²) in [6, 6.07) is 11.7. The van der Waals surface area contributed by atoms with Gasteiger partial charge in [0.25, 0.3) is 0 Å². The molecular formula is C19H26N2O. The maximum Gasteiger partial charge on any atom is 0.233 e. The zero-order valence-electron chi connectivity index (χ0n) is 13.3. The van der Waals surface area contributed by atoms with E-state index in [4.69, 9.17) is 0 Å². The zero-order valence-corrected chi connectivity index (χ0v) is 13.3. The van der Waals surface area contributed by atoms with Crippen molar-refractivity contribution in [1.82, 2.24) is 10.2 Å². The first kappa shape index (κ1) is 14.3. The van der Waals surface area contributed by atoms with E-state index >= 15 is 0 Å². The second-order valence-corrected chi connectivity index (χ2v) is 7.33. The third-order valence-electron chi connectivity index (χ3n) is 6.00. The van der Waals surface area contributed by atoms with Gasteiger partial charge in [-0.15, -0.1) is 0 Å². The van der Waals surface area contributed by atoms with Crippen molar-refractivity contribution in [1.29, 1.82) is 0 Å². The quantitative estimate of drug-likeness (QED) is 0.910. The first-order valence-corrected chi connectivity index (χ1v) is 8.89. The van der Waals surface area contributed by atoms with E-state index in [0.29, 0.717) is 18.0 Å². The van der Waals surface area contributed by atoms with Crippen LogP contribution in [0.4, 0.5) is 0 Å². The van der Waals surface area contributed by atoms with E-state index in [1.807, 2.05) is 6.07 Å². The molecule has 1 amide bonds. The van der Waals surface area contributed by atoms with Crippen LogP contribution in [0.5, 0.6) is 0 Å². The molecule has 0 aromatic heterocycles. The molecule has 2 bridgehead atoms. The van der Waals surface area contributed by atoms with Crippen molar-refractivity contribution in [3.05, 3.63) is 35.9 Å². The second-order valence-electron chi connectivity index (χ2n) is 7.33. The van der Waals surface area contributed by atoms with Gasteiger partial charge in [0.2, 0.25) is 5.91 Å². The van der Waals surface area contributed by atoms with Crippen molar-refractivity contribution in [2.24, 2.45) is 0 Å². The number of carbonyl (C=O) groups excluding carboxylic acids is 1. The molecule has 2 saturated heterocycles. The molecule has 0 spiro atoms. The van der Waals surface area contributed by atoms with Gasteiger partial charge < -0.3 is 10.2 Å². The largest absolute Gasteiger partial charge is 0.340 e. The van der Waals surface area contributed by atoms with Crippen molar-refractivity contribution in [3.63, 3.8) is 0 Å². The number of likely N-dealkylation sites (tertiary alicyclic amines) is 1. The number of benzene rings is 1. The van der Waals surface area contributed by atoms with Crippen molar-refractivity contribution >= 4 is 5.91 Å². The Bertz CT molecular complexity index is 536. The molecule has 118 valence electrons. The van der Waals surface area contributed by atoms with Crippen molar-refractivity contribution in [2.45, 2.75) is 62.4 Å². The van der Waals surface area contributed by atoms with Crippen LogP contribution in [0, 0.1) is 0 Å². The van der Waals surface area contributed by atoms with Crippen molar-refractivity contribution < 1.29 is 4.79 Å². The van der Waals surface area contributed by atoms with Crippen molar-refractivity contribution in [3.8, 4) is 0 Å². The number of nitrogens with zero attached hydrogens (tertiary/aromatic N) is 1. The van der Waals surface area contributed by atoms with Gasteiger partial charge in [0.15, 0.2) is 0 Å².